The Morgan fingerprint density at radius 1 is 1.41 bits per heavy atom. The number of nitrogens with two attached hydrogens (primary N) is 1. The van der Waals surface area contributed by atoms with Crippen molar-refractivity contribution >= 4 is 22.7 Å². The second kappa shape index (κ2) is 4.53. The number of Topliss-reactive ketones (excluding diaryl/α,β-unsaturated/α-hetero) is 1. The Balaban J connectivity index is 2.33. The predicted molar refractivity (Wildman–Crippen MR) is 72.5 cm³/mol. The lowest BCUT2D eigenvalue weighted by Crippen LogP contribution is -2.28. The van der Waals surface area contributed by atoms with Crippen LogP contribution in [0.25, 0.3) is 0 Å². The van der Waals surface area contributed by atoms with E-state index in [4.69, 9.17) is 5.73 Å². The maximum absolute atomic E-state index is 11.2. The molecule has 0 spiro atoms. The van der Waals surface area contributed by atoms with Gasteiger partial charge in [0, 0.05) is 11.3 Å². The Kier molecular flexibility index (Phi) is 3.24. The number of carbonyl (C=O) groups excluding carboxylic acids is 1. The smallest absolute Gasteiger partial charge is 0.159 e. The van der Waals surface area contributed by atoms with Crippen molar-refractivity contribution in [3.63, 3.8) is 0 Å². The molecule has 90 valence electrons. The van der Waals surface area contributed by atoms with Crippen LogP contribution in [-0.2, 0) is 5.54 Å². The van der Waals surface area contributed by atoms with E-state index in [2.05, 4.69) is 11.9 Å². The van der Waals surface area contributed by atoms with Crippen molar-refractivity contribution in [2.75, 3.05) is 5.75 Å². The van der Waals surface area contributed by atoms with E-state index >= 15 is 0 Å². The van der Waals surface area contributed by atoms with Gasteiger partial charge in [0.2, 0.25) is 0 Å². The first-order valence-corrected chi connectivity index (χ1v) is 6.59. The molecule has 1 unspecified atom stereocenters. The zero-order valence-corrected chi connectivity index (χ0v) is 10.9. The lowest BCUT2D eigenvalue weighted by atomic mass is 9.89. The highest BCUT2D eigenvalue weighted by Crippen LogP contribution is 2.34. The maximum atomic E-state index is 11.2. The minimum Gasteiger partial charge on any atom is -0.379 e. The molecule has 0 saturated heterocycles. The van der Waals surface area contributed by atoms with Crippen LogP contribution in [0.3, 0.4) is 0 Å². The molecule has 1 aromatic rings. The molecule has 2 N–H and O–H groups in total. The van der Waals surface area contributed by atoms with Gasteiger partial charge in [-0.2, -0.15) is 0 Å². The summed E-state index contributed by atoms with van der Waals surface area (Å²) in [6.07, 6.45) is 0.970. The Morgan fingerprint density at radius 2 is 2.06 bits per heavy atom. The summed E-state index contributed by atoms with van der Waals surface area (Å²) < 4.78 is 0. The Hall–Kier alpha value is -1.29. The minimum atomic E-state index is -0.245. The first-order chi connectivity index (χ1) is 8.01. The van der Waals surface area contributed by atoms with Crippen LogP contribution in [-0.4, -0.2) is 16.7 Å². The second-order valence-electron chi connectivity index (χ2n) is 4.46. The van der Waals surface area contributed by atoms with Crippen molar-refractivity contribution in [3.8, 4) is 0 Å². The molecule has 1 aliphatic heterocycles. The Labute approximate surface area is 106 Å². The van der Waals surface area contributed by atoms with Crippen LogP contribution >= 0.6 is 11.8 Å². The van der Waals surface area contributed by atoms with E-state index in [1.165, 1.54) is 0 Å². The highest BCUT2D eigenvalue weighted by Gasteiger charge is 2.29. The molecule has 0 fully saturated rings. The van der Waals surface area contributed by atoms with Gasteiger partial charge in [-0.15, -0.1) is 0 Å². The van der Waals surface area contributed by atoms with E-state index in [1.54, 1.807) is 18.7 Å². The molecule has 1 aromatic carbocycles. The second-order valence-corrected chi connectivity index (χ2v) is 5.57. The molecule has 0 amide bonds. The van der Waals surface area contributed by atoms with Crippen molar-refractivity contribution in [2.45, 2.75) is 25.8 Å². The van der Waals surface area contributed by atoms with Gasteiger partial charge in [0.25, 0.3) is 0 Å². The third-order valence-electron chi connectivity index (χ3n) is 3.11. The van der Waals surface area contributed by atoms with Crippen molar-refractivity contribution in [2.24, 2.45) is 10.7 Å². The fourth-order valence-corrected chi connectivity index (χ4v) is 2.93. The van der Waals surface area contributed by atoms with Crippen molar-refractivity contribution in [1.29, 1.82) is 0 Å². The summed E-state index contributed by atoms with van der Waals surface area (Å²) in [7, 11) is 0. The molecular formula is C13H16N2OS. The fourth-order valence-electron chi connectivity index (χ4n) is 1.96. The molecule has 0 bridgehead atoms. The van der Waals surface area contributed by atoms with Crippen LogP contribution in [0.4, 0.5) is 0 Å². The molecule has 0 radical (unpaired) electrons. The van der Waals surface area contributed by atoms with E-state index in [0.29, 0.717) is 5.17 Å². The van der Waals surface area contributed by atoms with Crippen molar-refractivity contribution in [3.05, 3.63) is 35.4 Å². The zero-order valence-electron chi connectivity index (χ0n) is 10.1. The number of carbonyl (C=O) groups is 1. The molecule has 4 heteroatoms. The number of amidine groups is 1. The SMILES string of the molecule is CC(=O)c1ccc(C2(C)CCSC(N)=N2)cc1. The van der Waals surface area contributed by atoms with Gasteiger partial charge in [-0.3, -0.25) is 9.79 Å². The van der Waals surface area contributed by atoms with Crippen LogP contribution in [0.1, 0.15) is 36.2 Å². The average molecular weight is 248 g/mol. The number of hydrogen-bond donors (Lipinski definition) is 1. The zero-order chi connectivity index (χ0) is 12.5. The van der Waals surface area contributed by atoms with E-state index < -0.39 is 0 Å². The summed E-state index contributed by atoms with van der Waals surface area (Å²) in [5.41, 5.74) is 7.39. The highest BCUT2D eigenvalue weighted by atomic mass is 32.2. The third-order valence-corrected chi connectivity index (χ3v) is 3.90. The van der Waals surface area contributed by atoms with Gasteiger partial charge in [0.05, 0.1) is 5.54 Å². The molecule has 0 saturated carbocycles. The topological polar surface area (TPSA) is 55.5 Å². The summed E-state index contributed by atoms with van der Waals surface area (Å²) in [5.74, 6) is 1.07. The van der Waals surface area contributed by atoms with Gasteiger partial charge in [0.1, 0.15) is 0 Å². The van der Waals surface area contributed by atoms with Crippen LogP contribution in [0.5, 0.6) is 0 Å². The van der Waals surface area contributed by atoms with Gasteiger partial charge in [-0.25, -0.2) is 0 Å². The highest BCUT2D eigenvalue weighted by molar-refractivity contribution is 8.13. The lowest BCUT2D eigenvalue weighted by molar-refractivity contribution is 0.101. The standard InChI is InChI=1S/C13H16N2OS/c1-9(16)10-3-5-11(6-4-10)13(2)7-8-17-12(14)15-13/h3-6H,7-8H2,1-2H3,(H2,14,15). The summed E-state index contributed by atoms with van der Waals surface area (Å²) in [4.78, 5) is 15.7. The third kappa shape index (κ3) is 2.52. The van der Waals surface area contributed by atoms with E-state index in [-0.39, 0.29) is 11.3 Å². The summed E-state index contributed by atoms with van der Waals surface area (Å²) >= 11 is 1.60. The number of aliphatic imine (C=N–C) groups is 1. The van der Waals surface area contributed by atoms with Gasteiger partial charge in [-0.1, -0.05) is 36.0 Å². The van der Waals surface area contributed by atoms with Gasteiger partial charge >= 0.3 is 0 Å². The minimum absolute atomic E-state index is 0.0870. The van der Waals surface area contributed by atoms with Gasteiger partial charge < -0.3 is 5.73 Å². The number of nitrogens with zero attached hydrogens (tertiary/aromatic N) is 1. The molecule has 1 heterocycles. The molecule has 17 heavy (non-hydrogen) atoms. The summed E-state index contributed by atoms with van der Waals surface area (Å²) in [5, 5.41) is 0.648. The van der Waals surface area contributed by atoms with E-state index in [0.717, 1.165) is 23.3 Å². The lowest BCUT2D eigenvalue weighted by Gasteiger charge is -2.29. The largest absolute Gasteiger partial charge is 0.379 e. The molecule has 2 rings (SSSR count). The van der Waals surface area contributed by atoms with Gasteiger partial charge in [0.15, 0.2) is 11.0 Å². The van der Waals surface area contributed by atoms with Crippen LogP contribution in [0.15, 0.2) is 29.3 Å². The predicted octanol–water partition coefficient (Wildman–Crippen LogP) is 2.56. The van der Waals surface area contributed by atoms with Crippen LogP contribution in [0, 0.1) is 0 Å². The Morgan fingerprint density at radius 3 is 2.59 bits per heavy atom. The normalized spacial score (nSPS) is 24.2. The summed E-state index contributed by atoms with van der Waals surface area (Å²) in [6, 6.07) is 7.67. The fraction of sp³-hybridized carbons (Fsp3) is 0.385. The first kappa shape index (κ1) is 12.2. The number of rotatable bonds is 2. The van der Waals surface area contributed by atoms with Gasteiger partial charge in [-0.05, 0) is 25.8 Å². The molecule has 1 atom stereocenters. The quantitative estimate of drug-likeness (QED) is 0.818. The molecular weight excluding hydrogens is 232 g/mol. The summed E-state index contributed by atoms with van der Waals surface area (Å²) in [6.45, 7) is 3.66. The number of benzene rings is 1. The number of ketones is 1. The van der Waals surface area contributed by atoms with E-state index in [9.17, 15) is 4.79 Å². The van der Waals surface area contributed by atoms with Crippen molar-refractivity contribution < 1.29 is 4.79 Å². The molecule has 0 aromatic heterocycles. The number of thioether (sulfide) groups is 1. The monoisotopic (exact) mass is 248 g/mol. The molecule has 1 aliphatic rings. The van der Waals surface area contributed by atoms with Crippen LogP contribution < -0.4 is 5.73 Å². The molecule has 3 nitrogen and oxygen atoms in total. The van der Waals surface area contributed by atoms with Crippen LogP contribution in [0.2, 0.25) is 0 Å². The first-order valence-electron chi connectivity index (χ1n) is 5.61. The van der Waals surface area contributed by atoms with Crippen molar-refractivity contribution in [1.82, 2.24) is 0 Å². The molecule has 0 aliphatic carbocycles. The maximum Gasteiger partial charge on any atom is 0.159 e. The average Bonchev–Trinajstić information content (AvgIpc) is 2.29. The van der Waals surface area contributed by atoms with E-state index in [1.807, 2.05) is 24.3 Å². The number of hydrogen-bond acceptors (Lipinski definition) is 4. The Bertz CT molecular complexity index is 467.